The van der Waals surface area contributed by atoms with Crippen LogP contribution in [0.1, 0.15) is 15.9 Å². The first kappa shape index (κ1) is 15.6. The Kier molecular flexibility index (Phi) is 5.54. The van der Waals surface area contributed by atoms with E-state index in [0.29, 0.717) is 24.5 Å². The maximum absolute atomic E-state index is 11.9. The van der Waals surface area contributed by atoms with Gasteiger partial charge in [-0.3, -0.25) is 4.79 Å². The monoisotopic (exact) mass is 297 g/mol. The van der Waals surface area contributed by atoms with Crippen LogP contribution in [0, 0.1) is 0 Å². The number of benzene rings is 1. The van der Waals surface area contributed by atoms with E-state index in [4.69, 9.17) is 4.74 Å². The number of amides is 1. The number of hydrogen-bond acceptors (Lipinski definition) is 4. The average Bonchev–Trinajstić information content (AvgIpc) is 2.58. The highest BCUT2D eigenvalue weighted by molar-refractivity contribution is 5.94. The Morgan fingerprint density at radius 1 is 1.32 bits per heavy atom. The van der Waals surface area contributed by atoms with Crippen LogP contribution in [0.15, 0.2) is 55.3 Å². The van der Waals surface area contributed by atoms with Gasteiger partial charge in [0.05, 0.1) is 7.11 Å². The summed E-state index contributed by atoms with van der Waals surface area (Å²) in [5, 5.41) is 5.93. The smallest absolute Gasteiger partial charge is 0.251 e. The molecule has 1 aromatic heterocycles. The third-order valence-corrected chi connectivity index (χ3v) is 3.06. The number of carbonyl (C=O) groups excluding carboxylic acids is 1. The van der Waals surface area contributed by atoms with Crippen LogP contribution < -0.4 is 15.4 Å². The SMILES string of the molecule is C=CCNC(=O)c1ccnc(NCc2ccc(OC)cc2)c1. The largest absolute Gasteiger partial charge is 0.497 e. The molecule has 1 amide bonds. The molecule has 0 saturated heterocycles. The van der Waals surface area contributed by atoms with E-state index < -0.39 is 0 Å². The van der Waals surface area contributed by atoms with Crippen molar-refractivity contribution in [3.63, 3.8) is 0 Å². The number of methoxy groups -OCH3 is 1. The van der Waals surface area contributed by atoms with Crippen LogP contribution >= 0.6 is 0 Å². The van der Waals surface area contributed by atoms with Crippen molar-refractivity contribution >= 4 is 11.7 Å². The number of rotatable bonds is 7. The summed E-state index contributed by atoms with van der Waals surface area (Å²) in [4.78, 5) is 16.1. The zero-order valence-corrected chi connectivity index (χ0v) is 12.5. The van der Waals surface area contributed by atoms with Crippen molar-refractivity contribution in [2.75, 3.05) is 19.0 Å². The van der Waals surface area contributed by atoms with Crippen LogP contribution in [0.2, 0.25) is 0 Å². The number of aromatic nitrogens is 1. The van der Waals surface area contributed by atoms with Crippen LogP contribution in [0.5, 0.6) is 5.75 Å². The zero-order valence-electron chi connectivity index (χ0n) is 12.5. The Balaban J connectivity index is 1.97. The molecule has 2 N–H and O–H groups in total. The molecule has 0 atom stereocenters. The maximum atomic E-state index is 11.9. The molecule has 0 aliphatic heterocycles. The van der Waals surface area contributed by atoms with Crippen molar-refractivity contribution in [3.05, 3.63) is 66.4 Å². The Morgan fingerprint density at radius 3 is 2.77 bits per heavy atom. The van der Waals surface area contributed by atoms with Gasteiger partial charge < -0.3 is 15.4 Å². The Bertz CT molecular complexity index is 639. The summed E-state index contributed by atoms with van der Waals surface area (Å²) < 4.78 is 5.12. The Labute approximate surface area is 130 Å². The quantitative estimate of drug-likeness (QED) is 0.771. The molecule has 22 heavy (non-hydrogen) atoms. The summed E-state index contributed by atoms with van der Waals surface area (Å²) in [6.45, 7) is 4.63. The molecule has 1 aromatic carbocycles. The van der Waals surface area contributed by atoms with Crippen LogP contribution in [-0.4, -0.2) is 24.5 Å². The van der Waals surface area contributed by atoms with Crippen molar-refractivity contribution in [1.29, 1.82) is 0 Å². The van der Waals surface area contributed by atoms with E-state index in [-0.39, 0.29) is 5.91 Å². The molecular weight excluding hydrogens is 278 g/mol. The van der Waals surface area contributed by atoms with Crippen molar-refractivity contribution in [1.82, 2.24) is 10.3 Å². The molecule has 0 spiro atoms. The fourth-order valence-corrected chi connectivity index (χ4v) is 1.87. The zero-order chi connectivity index (χ0) is 15.8. The van der Waals surface area contributed by atoms with Gasteiger partial charge in [0.25, 0.3) is 5.91 Å². The van der Waals surface area contributed by atoms with Gasteiger partial charge in [-0.25, -0.2) is 4.98 Å². The number of nitrogens with zero attached hydrogens (tertiary/aromatic N) is 1. The summed E-state index contributed by atoms with van der Waals surface area (Å²) >= 11 is 0. The predicted octanol–water partition coefficient (Wildman–Crippen LogP) is 2.62. The summed E-state index contributed by atoms with van der Waals surface area (Å²) in [6, 6.07) is 11.2. The first-order valence-corrected chi connectivity index (χ1v) is 6.95. The molecule has 0 fully saturated rings. The summed E-state index contributed by atoms with van der Waals surface area (Å²) in [5.74, 6) is 1.33. The lowest BCUT2D eigenvalue weighted by molar-refractivity contribution is 0.0958. The first-order valence-electron chi connectivity index (χ1n) is 6.95. The molecule has 0 aliphatic carbocycles. The predicted molar refractivity (Wildman–Crippen MR) is 87.1 cm³/mol. The number of hydrogen-bond donors (Lipinski definition) is 2. The molecule has 0 aliphatic rings. The standard InChI is InChI=1S/C17H19N3O2/c1-3-9-19-17(21)14-8-10-18-16(11-14)20-12-13-4-6-15(22-2)7-5-13/h3-8,10-11H,1,9,12H2,2H3,(H,18,20)(H,19,21). The highest BCUT2D eigenvalue weighted by atomic mass is 16.5. The topological polar surface area (TPSA) is 63.2 Å². The number of ether oxygens (including phenoxy) is 1. The van der Waals surface area contributed by atoms with Crippen LogP contribution in [0.4, 0.5) is 5.82 Å². The minimum absolute atomic E-state index is 0.144. The highest BCUT2D eigenvalue weighted by Crippen LogP contribution is 2.13. The number of pyridine rings is 1. The molecule has 0 bridgehead atoms. The van der Waals surface area contributed by atoms with Gasteiger partial charge in [0.2, 0.25) is 0 Å². The number of nitrogens with one attached hydrogen (secondary N) is 2. The Hall–Kier alpha value is -2.82. The number of anilines is 1. The van der Waals surface area contributed by atoms with Crippen LogP contribution in [-0.2, 0) is 6.54 Å². The third-order valence-electron chi connectivity index (χ3n) is 3.06. The summed E-state index contributed by atoms with van der Waals surface area (Å²) in [7, 11) is 1.64. The lowest BCUT2D eigenvalue weighted by Gasteiger charge is -2.08. The highest BCUT2D eigenvalue weighted by Gasteiger charge is 2.05. The second kappa shape index (κ2) is 7.83. The van der Waals surface area contributed by atoms with E-state index in [0.717, 1.165) is 11.3 Å². The second-order valence-corrected chi connectivity index (χ2v) is 4.63. The molecule has 0 unspecified atom stereocenters. The lowest BCUT2D eigenvalue weighted by Crippen LogP contribution is -2.23. The maximum Gasteiger partial charge on any atom is 0.251 e. The van der Waals surface area contributed by atoms with Gasteiger partial charge in [0.1, 0.15) is 11.6 Å². The fraction of sp³-hybridized carbons (Fsp3) is 0.176. The van der Waals surface area contributed by atoms with Crippen molar-refractivity contribution in [3.8, 4) is 5.75 Å². The van der Waals surface area contributed by atoms with Gasteiger partial charge in [-0.2, -0.15) is 0 Å². The van der Waals surface area contributed by atoms with Gasteiger partial charge in [-0.15, -0.1) is 6.58 Å². The molecule has 0 radical (unpaired) electrons. The molecular formula is C17H19N3O2. The van der Waals surface area contributed by atoms with E-state index in [1.54, 1.807) is 31.5 Å². The fourth-order valence-electron chi connectivity index (χ4n) is 1.87. The van der Waals surface area contributed by atoms with Gasteiger partial charge >= 0.3 is 0 Å². The first-order chi connectivity index (χ1) is 10.7. The van der Waals surface area contributed by atoms with E-state index in [9.17, 15) is 4.79 Å². The van der Waals surface area contributed by atoms with E-state index >= 15 is 0 Å². The van der Waals surface area contributed by atoms with Crippen molar-refractivity contribution in [2.45, 2.75) is 6.54 Å². The van der Waals surface area contributed by atoms with E-state index in [1.165, 1.54) is 0 Å². The van der Waals surface area contributed by atoms with Crippen LogP contribution in [0.25, 0.3) is 0 Å². The molecule has 2 rings (SSSR count). The van der Waals surface area contributed by atoms with Crippen LogP contribution in [0.3, 0.4) is 0 Å². The molecule has 1 heterocycles. The van der Waals surface area contributed by atoms with Crippen molar-refractivity contribution < 1.29 is 9.53 Å². The van der Waals surface area contributed by atoms with E-state index in [2.05, 4.69) is 22.2 Å². The minimum atomic E-state index is -0.144. The van der Waals surface area contributed by atoms with Gasteiger partial charge in [-0.1, -0.05) is 18.2 Å². The average molecular weight is 297 g/mol. The molecule has 114 valence electrons. The summed E-state index contributed by atoms with van der Waals surface area (Å²) in [5.41, 5.74) is 1.66. The minimum Gasteiger partial charge on any atom is -0.497 e. The normalized spacial score (nSPS) is 9.86. The van der Waals surface area contributed by atoms with Crippen molar-refractivity contribution in [2.24, 2.45) is 0 Å². The molecule has 5 nitrogen and oxygen atoms in total. The van der Waals surface area contributed by atoms with E-state index in [1.807, 2.05) is 24.3 Å². The number of carbonyl (C=O) groups is 1. The van der Waals surface area contributed by atoms with Gasteiger partial charge in [-0.05, 0) is 29.8 Å². The molecule has 2 aromatic rings. The Morgan fingerprint density at radius 2 is 2.09 bits per heavy atom. The molecule has 0 saturated carbocycles. The summed E-state index contributed by atoms with van der Waals surface area (Å²) in [6.07, 6.45) is 3.25. The lowest BCUT2D eigenvalue weighted by atomic mass is 10.2. The third kappa shape index (κ3) is 4.34. The second-order valence-electron chi connectivity index (χ2n) is 4.63. The molecule has 5 heteroatoms. The van der Waals surface area contributed by atoms with Gasteiger partial charge in [0.15, 0.2) is 0 Å². The van der Waals surface area contributed by atoms with Gasteiger partial charge in [0, 0.05) is 24.8 Å².